The number of amides is 1. The van der Waals surface area contributed by atoms with E-state index >= 15 is 0 Å². The Kier molecular flexibility index (Phi) is 5.07. The maximum Gasteiger partial charge on any atom is 0.225 e. The normalized spacial score (nSPS) is 22.0. The smallest absolute Gasteiger partial charge is 0.225 e. The zero-order valence-electron chi connectivity index (χ0n) is 14.9. The van der Waals surface area contributed by atoms with Crippen LogP contribution in [0.25, 0.3) is 0 Å². The first-order chi connectivity index (χ1) is 12.7. The van der Waals surface area contributed by atoms with Crippen LogP contribution in [0.3, 0.4) is 0 Å². The van der Waals surface area contributed by atoms with Crippen molar-refractivity contribution < 1.29 is 13.6 Å². The molecule has 138 valence electrons. The topological polar surface area (TPSA) is 36.7 Å². The van der Waals surface area contributed by atoms with E-state index in [4.69, 9.17) is 4.42 Å². The maximum atomic E-state index is 14.0. The molecule has 1 amide bonds. The second-order valence-electron chi connectivity index (χ2n) is 7.42. The van der Waals surface area contributed by atoms with E-state index in [0.717, 1.165) is 56.8 Å². The zero-order valence-corrected chi connectivity index (χ0v) is 14.9. The summed E-state index contributed by atoms with van der Waals surface area (Å²) < 4.78 is 19.4. The highest BCUT2D eigenvalue weighted by Crippen LogP contribution is 2.31. The Bertz CT molecular complexity index is 738. The Morgan fingerprint density at radius 3 is 2.62 bits per heavy atom. The monoisotopic (exact) mass is 356 g/mol. The van der Waals surface area contributed by atoms with Crippen molar-refractivity contribution >= 4 is 5.91 Å². The standard InChI is InChI=1S/C21H25FN2O2/c22-20-6-2-1-5-19(20)17-9-12-24(14-17)21(25)16-7-10-23(11-8-16)15-18-4-3-13-26-18/h1-6,13,16-17H,7-12,14-15H2/t17-/m1/s1. The van der Waals surface area contributed by atoms with Crippen LogP contribution in [0.5, 0.6) is 0 Å². The van der Waals surface area contributed by atoms with E-state index < -0.39 is 0 Å². The van der Waals surface area contributed by atoms with E-state index in [2.05, 4.69) is 4.90 Å². The third-order valence-corrected chi connectivity index (χ3v) is 5.74. The third-order valence-electron chi connectivity index (χ3n) is 5.74. The lowest BCUT2D eigenvalue weighted by molar-refractivity contribution is -0.136. The number of likely N-dealkylation sites (tertiary alicyclic amines) is 2. The molecular formula is C21H25FN2O2. The molecule has 4 nitrogen and oxygen atoms in total. The van der Waals surface area contributed by atoms with E-state index in [1.54, 1.807) is 12.3 Å². The summed E-state index contributed by atoms with van der Waals surface area (Å²) in [6, 6.07) is 10.8. The number of rotatable bonds is 4. The van der Waals surface area contributed by atoms with Crippen molar-refractivity contribution in [3.8, 4) is 0 Å². The molecule has 0 radical (unpaired) electrons. The van der Waals surface area contributed by atoms with Gasteiger partial charge < -0.3 is 9.32 Å². The van der Waals surface area contributed by atoms with Gasteiger partial charge in [0.05, 0.1) is 12.8 Å². The van der Waals surface area contributed by atoms with Gasteiger partial charge in [-0.1, -0.05) is 18.2 Å². The molecule has 4 rings (SSSR count). The van der Waals surface area contributed by atoms with Gasteiger partial charge in [-0.2, -0.15) is 0 Å². The fourth-order valence-corrected chi connectivity index (χ4v) is 4.24. The SMILES string of the molecule is O=C(C1CCN(Cc2ccco2)CC1)N1CC[C@@H](c2ccccc2F)C1. The van der Waals surface area contributed by atoms with Crippen molar-refractivity contribution in [1.29, 1.82) is 0 Å². The number of hydrogen-bond donors (Lipinski definition) is 0. The summed E-state index contributed by atoms with van der Waals surface area (Å²) in [6.45, 7) is 4.03. The van der Waals surface area contributed by atoms with Crippen LogP contribution in [-0.2, 0) is 11.3 Å². The van der Waals surface area contributed by atoms with Gasteiger partial charge in [0.15, 0.2) is 0 Å². The number of hydrogen-bond acceptors (Lipinski definition) is 3. The van der Waals surface area contributed by atoms with E-state index in [0.29, 0.717) is 6.54 Å². The van der Waals surface area contributed by atoms with Crippen LogP contribution in [-0.4, -0.2) is 41.9 Å². The minimum atomic E-state index is -0.155. The molecule has 26 heavy (non-hydrogen) atoms. The Labute approximate surface area is 153 Å². The first kappa shape index (κ1) is 17.3. The first-order valence-electron chi connectivity index (χ1n) is 9.48. The Morgan fingerprint density at radius 1 is 1.08 bits per heavy atom. The molecule has 2 saturated heterocycles. The van der Waals surface area contributed by atoms with Gasteiger partial charge in [0.2, 0.25) is 5.91 Å². The van der Waals surface area contributed by atoms with Crippen LogP contribution in [0.4, 0.5) is 4.39 Å². The van der Waals surface area contributed by atoms with Gasteiger partial charge in [-0.05, 0) is 56.1 Å². The summed E-state index contributed by atoms with van der Waals surface area (Å²) in [4.78, 5) is 17.2. The molecular weight excluding hydrogens is 331 g/mol. The molecule has 0 unspecified atom stereocenters. The molecule has 0 spiro atoms. The highest BCUT2D eigenvalue weighted by molar-refractivity contribution is 5.79. The number of piperidine rings is 1. The van der Waals surface area contributed by atoms with Gasteiger partial charge in [0.1, 0.15) is 11.6 Å². The zero-order chi connectivity index (χ0) is 17.9. The van der Waals surface area contributed by atoms with Gasteiger partial charge in [-0.15, -0.1) is 0 Å². The molecule has 5 heteroatoms. The largest absolute Gasteiger partial charge is 0.468 e. The molecule has 0 bridgehead atoms. The van der Waals surface area contributed by atoms with Crippen LogP contribution in [0.15, 0.2) is 47.1 Å². The van der Waals surface area contributed by atoms with E-state index in [1.807, 2.05) is 29.2 Å². The third kappa shape index (κ3) is 3.68. The molecule has 1 aromatic heterocycles. The van der Waals surface area contributed by atoms with Crippen molar-refractivity contribution in [3.63, 3.8) is 0 Å². The molecule has 0 N–H and O–H groups in total. The number of carbonyl (C=O) groups is 1. The summed E-state index contributed by atoms with van der Waals surface area (Å²) in [7, 11) is 0. The quantitative estimate of drug-likeness (QED) is 0.839. The lowest BCUT2D eigenvalue weighted by atomic mass is 9.95. The predicted octanol–water partition coefficient (Wildman–Crippen LogP) is 3.65. The second kappa shape index (κ2) is 7.62. The lowest BCUT2D eigenvalue weighted by Crippen LogP contribution is -2.41. The van der Waals surface area contributed by atoms with Gasteiger partial charge in [0, 0.05) is 24.9 Å². The Hall–Kier alpha value is -2.14. The van der Waals surface area contributed by atoms with Crippen LogP contribution >= 0.6 is 0 Å². The van der Waals surface area contributed by atoms with Crippen molar-refractivity contribution in [2.75, 3.05) is 26.2 Å². The van der Waals surface area contributed by atoms with Crippen LogP contribution < -0.4 is 0 Å². The predicted molar refractivity (Wildman–Crippen MR) is 97.0 cm³/mol. The molecule has 1 atom stereocenters. The van der Waals surface area contributed by atoms with Crippen molar-refractivity contribution in [1.82, 2.24) is 9.80 Å². The summed E-state index contributed by atoms with van der Waals surface area (Å²) in [5, 5.41) is 0. The number of nitrogens with zero attached hydrogens (tertiary/aromatic N) is 2. The Balaban J connectivity index is 1.30. The number of furan rings is 1. The molecule has 1 aromatic carbocycles. The highest BCUT2D eigenvalue weighted by Gasteiger charge is 2.34. The molecule has 0 aliphatic carbocycles. The van der Waals surface area contributed by atoms with Gasteiger partial charge in [0.25, 0.3) is 0 Å². The molecule has 2 aromatic rings. The highest BCUT2D eigenvalue weighted by atomic mass is 19.1. The summed E-state index contributed by atoms with van der Waals surface area (Å²) in [5.74, 6) is 1.29. The minimum absolute atomic E-state index is 0.0993. The van der Waals surface area contributed by atoms with Crippen molar-refractivity contribution in [2.45, 2.75) is 31.7 Å². The first-order valence-corrected chi connectivity index (χ1v) is 9.48. The second-order valence-corrected chi connectivity index (χ2v) is 7.42. The number of benzene rings is 1. The van der Waals surface area contributed by atoms with Crippen LogP contribution in [0.1, 0.15) is 36.5 Å². The summed E-state index contributed by atoms with van der Waals surface area (Å²) >= 11 is 0. The van der Waals surface area contributed by atoms with Crippen LogP contribution in [0.2, 0.25) is 0 Å². The fourth-order valence-electron chi connectivity index (χ4n) is 4.24. The molecule has 2 fully saturated rings. The minimum Gasteiger partial charge on any atom is -0.468 e. The molecule has 3 heterocycles. The van der Waals surface area contributed by atoms with E-state index in [1.165, 1.54) is 6.07 Å². The van der Waals surface area contributed by atoms with Crippen molar-refractivity contribution in [2.24, 2.45) is 5.92 Å². The van der Waals surface area contributed by atoms with E-state index in [-0.39, 0.29) is 23.6 Å². The molecule has 0 saturated carbocycles. The van der Waals surface area contributed by atoms with E-state index in [9.17, 15) is 9.18 Å². The summed E-state index contributed by atoms with van der Waals surface area (Å²) in [6.07, 6.45) is 4.33. The van der Waals surface area contributed by atoms with Crippen LogP contribution in [0, 0.1) is 11.7 Å². The Morgan fingerprint density at radius 2 is 1.88 bits per heavy atom. The number of carbonyl (C=O) groups excluding carboxylic acids is 1. The van der Waals surface area contributed by atoms with Gasteiger partial charge in [-0.25, -0.2) is 4.39 Å². The maximum absolute atomic E-state index is 14.0. The lowest BCUT2D eigenvalue weighted by Gasteiger charge is -2.32. The fraction of sp³-hybridized carbons (Fsp3) is 0.476. The van der Waals surface area contributed by atoms with Gasteiger partial charge >= 0.3 is 0 Å². The van der Waals surface area contributed by atoms with Gasteiger partial charge in [-0.3, -0.25) is 9.69 Å². The molecule has 2 aliphatic rings. The summed E-state index contributed by atoms with van der Waals surface area (Å²) in [5.41, 5.74) is 0.746. The average molecular weight is 356 g/mol. The average Bonchev–Trinajstić information content (AvgIpc) is 3.34. The number of halogens is 1. The molecule has 2 aliphatic heterocycles. The van der Waals surface area contributed by atoms with Crippen molar-refractivity contribution in [3.05, 3.63) is 59.8 Å².